The Bertz CT molecular complexity index is 756. The molecule has 0 spiro atoms. The Labute approximate surface area is 137 Å². The number of methoxy groups -OCH3 is 1. The number of hydrogen-bond acceptors (Lipinski definition) is 6. The summed E-state index contributed by atoms with van der Waals surface area (Å²) in [5, 5.41) is 11.4. The lowest BCUT2D eigenvalue weighted by Gasteiger charge is -2.13. The first-order chi connectivity index (χ1) is 11.4. The highest BCUT2D eigenvalue weighted by Crippen LogP contribution is 2.20. The molecule has 1 aromatic heterocycles. The molecule has 0 N–H and O–H groups in total. The molecule has 2 aromatic rings. The van der Waals surface area contributed by atoms with Crippen LogP contribution in [0.3, 0.4) is 0 Å². The number of amides is 1. The number of hydrogen-bond donors (Lipinski definition) is 0. The van der Waals surface area contributed by atoms with Crippen LogP contribution in [0.2, 0.25) is 0 Å². The van der Waals surface area contributed by atoms with E-state index < -0.39 is 22.6 Å². The quantitative estimate of drug-likeness (QED) is 0.445. The second-order valence-corrected chi connectivity index (χ2v) is 5.02. The van der Waals surface area contributed by atoms with Crippen molar-refractivity contribution in [3.63, 3.8) is 0 Å². The molecule has 1 amide bonds. The summed E-state index contributed by atoms with van der Waals surface area (Å²) in [6.45, 7) is -0.115. The minimum absolute atomic E-state index is 0.206. The van der Waals surface area contributed by atoms with Gasteiger partial charge in [-0.15, -0.1) is 0 Å². The Hall–Kier alpha value is -3.23. The summed E-state index contributed by atoms with van der Waals surface area (Å²) in [5.74, 6) is -1.77. The zero-order chi connectivity index (χ0) is 17.7. The zero-order valence-corrected chi connectivity index (χ0v) is 13.2. The standard InChI is InChI=1S/C15H16N4O5/c1-17(9-12(20)24-2)15(21)13-14(19(22)23)18(10-16-13)8-11-6-4-3-5-7-11/h3-7,10H,8-9H2,1-2H3. The van der Waals surface area contributed by atoms with Crippen LogP contribution in [-0.4, -0.2) is 52.0 Å². The first kappa shape index (κ1) is 17.1. The summed E-state index contributed by atoms with van der Waals surface area (Å²) in [4.78, 5) is 39.2. The summed E-state index contributed by atoms with van der Waals surface area (Å²) in [6.07, 6.45) is 1.24. The van der Waals surface area contributed by atoms with Gasteiger partial charge in [0.1, 0.15) is 13.1 Å². The molecule has 0 atom stereocenters. The molecule has 0 aliphatic heterocycles. The number of carbonyl (C=O) groups is 2. The van der Waals surface area contributed by atoms with Gasteiger partial charge in [-0.3, -0.25) is 9.59 Å². The third-order valence-electron chi connectivity index (χ3n) is 3.32. The van der Waals surface area contributed by atoms with Gasteiger partial charge in [0.05, 0.1) is 7.11 Å². The number of aromatic nitrogens is 2. The maximum atomic E-state index is 12.3. The van der Waals surface area contributed by atoms with Crippen molar-refractivity contribution in [1.82, 2.24) is 14.5 Å². The molecule has 0 radical (unpaired) electrons. The minimum atomic E-state index is -0.723. The number of ether oxygens (including phenoxy) is 1. The Kier molecular flexibility index (Phi) is 5.25. The van der Waals surface area contributed by atoms with E-state index >= 15 is 0 Å². The molecule has 0 unspecified atom stereocenters. The minimum Gasteiger partial charge on any atom is -0.468 e. The lowest BCUT2D eigenvalue weighted by molar-refractivity contribution is -0.392. The van der Waals surface area contributed by atoms with Crippen molar-refractivity contribution < 1.29 is 19.2 Å². The van der Waals surface area contributed by atoms with Crippen molar-refractivity contribution in [2.45, 2.75) is 6.54 Å². The first-order valence-electron chi connectivity index (χ1n) is 6.99. The van der Waals surface area contributed by atoms with Crippen molar-refractivity contribution in [2.24, 2.45) is 0 Å². The summed E-state index contributed by atoms with van der Waals surface area (Å²) < 4.78 is 5.76. The Morgan fingerprint density at radius 1 is 1.33 bits per heavy atom. The molecule has 0 fully saturated rings. The van der Waals surface area contributed by atoms with Crippen LogP contribution >= 0.6 is 0 Å². The van der Waals surface area contributed by atoms with E-state index in [4.69, 9.17) is 0 Å². The Morgan fingerprint density at radius 2 is 2.00 bits per heavy atom. The SMILES string of the molecule is COC(=O)CN(C)C(=O)c1ncn(Cc2ccccc2)c1[N+](=O)[O-]. The second kappa shape index (κ2) is 7.36. The number of nitro groups is 1. The van der Waals surface area contributed by atoms with E-state index in [2.05, 4.69) is 9.72 Å². The van der Waals surface area contributed by atoms with Gasteiger partial charge in [-0.25, -0.2) is 9.55 Å². The molecule has 1 heterocycles. The van der Waals surface area contributed by atoms with E-state index in [1.54, 1.807) is 0 Å². The molecular formula is C15H16N4O5. The maximum absolute atomic E-state index is 12.3. The van der Waals surface area contributed by atoms with Gasteiger partial charge in [-0.05, 0) is 10.5 Å². The summed E-state index contributed by atoms with van der Waals surface area (Å²) in [5.41, 5.74) is 0.516. The van der Waals surface area contributed by atoms with E-state index in [1.807, 2.05) is 30.3 Å². The van der Waals surface area contributed by atoms with E-state index in [0.717, 1.165) is 10.5 Å². The van der Waals surface area contributed by atoms with E-state index in [0.29, 0.717) is 0 Å². The van der Waals surface area contributed by atoms with Crippen molar-refractivity contribution in [3.05, 3.63) is 58.0 Å². The highest BCUT2D eigenvalue weighted by molar-refractivity contribution is 5.97. The summed E-state index contributed by atoms with van der Waals surface area (Å²) in [6, 6.07) is 9.09. The van der Waals surface area contributed by atoms with Crippen molar-refractivity contribution in [3.8, 4) is 0 Å². The average Bonchev–Trinajstić information content (AvgIpc) is 2.98. The number of imidazole rings is 1. The lowest BCUT2D eigenvalue weighted by Crippen LogP contribution is -2.33. The predicted molar refractivity (Wildman–Crippen MR) is 83.4 cm³/mol. The molecule has 2 rings (SSSR count). The van der Waals surface area contributed by atoms with Gasteiger partial charge >= 0.3 is 11.8 Å². The summed E-state index contributed by atoms with van der Waals surface area (Å²) >= 11 is 0. The molecule has 9 nitrogen and oxygen atoms in total. The van der Waals surface area contributed by atoms with Gasteiger partial charge < -0.3 is 19.8 Å². The molecule has 0 bridgehead atoms. The van der Waals surface area contributed by atoms with Crippen LogP contribution in [0.4, 0.5) is 5.82 Å². The zero-order valence-electron chi connectivity index (χ0n) is 13.2. The summed E-state index contributed by atoms with van der Waals surface area (Å²) in [7, 11) is 2.54. The van der Waals surface area contributed by atoms with E-state index in [9.17, 15) is 19.7 Å². The van der Waals surface area contributed by atoms with Gasteiger partial charge in [0.25, 0.3) is 5.91 Å². The van der Waals surface area contributed by atoms with Crippen LogP contribution in [0, 0.1) is 10.1 Å². The Morgan fingerprint density at radius 3 is 2.58 bits per heavy atom. The van der Waals surface area contributed by atoms with E-state index in [1.165, 1.54) is 25.1 Å². The van der Waals surface area contributed by atoms with Gasteiger partial charge in [0.15, 0.2) is 6.33 Å². The number of likely N-dealkylation sites (N-methyl/N-ethyl adjacent to an activating group) is 1. The highest BCUT2D eigenvalue weighted by Gasteiger charge is 2.30. The number of nitrogens with zero attached hydrogens (tertiary/aromatic N) is 4. The molecule has 0 saturated carbocycles. The van der Waals surface area contributed by atoms with Crippen LogP contribution in [-0.2, 0) is 16.1 Å². The third kappa shape index (κ3) is 3.75. The molecule has 24 heavy (non-hydrogen) atoms. The number of esters is 1. The predicted octanol–water partition coefficient (Wildman–Crippen LogP) is 1.08. The van der Waals surface area contributed by atoms with Crippen LogP contribution in [0.1, 0.15) is 16.1 Å². The topological polar surface area (TPSA) is 108 Å². The normalized spacial score (nSPS) is 10.2. The van der Waals surface area contributed by atoms with Gasteiger partial charge in [0, 0.05) is 7.05 Å². The van der Waals surface area contributed by atoms with Gasteiger partial charge in [0.2, 0.25) is 5.69 Å². The molecule has 9 heteroatoms. The largest absolute Gasteiger partial charge is 0.468 e. The Balaban J connectivity index is 2.29. The number of rotatable bonds is 6. The average molecular weight is 332 g/mol. The monoisotopic (exact) mass is 332 g/mol. The van der Waals surface area contributed by atoms with Crippen molar-refractivity contribution >= 4 is 17.7 Å². The van der Waals surface area contributed by atoms with Gasteiger partial charge in [-0.1, -0.05) is 30.3 Å². The lowest BCUT2D eigenvalue weighted by atomic mass is 10.2. The molecule has 0 saturated heterocycles. The first-order valence-corrected chi connectivity index (χ1v) is 6.99. The molecule has 1 aromatic carbocycles. The molecular weight excluding hydrogens is 316 g/mol. The smallest absolute Gasteiger partial charge is 0.356 e. The molecule has 126 valence electrons. The fraction of sp³-hybridized carbons (Fsp3) is 0.267. The van der Waals surface area contributed by atoms with Crippen molar-refractivity contribution in [1.29, 1.82) is 0 Å². The fourth-order valence-corrected chi connectivity index (χ4v) is 2.12. The highest BCUT2D eigenvalue weighted by atomic mass is 16.6. The maximum Gasteiger partial charge on any atom is 0.356 e. The number of benzene rings is 1. The van der Waals surface area contributed by atoms with Crippen LogP contribution < -0.4 is 0 Å². The number of carbonyl (C=O) groups excluding carboxylic acids is 2. The molecule has 0 aliphatic carbocycles. The third-order valence-corrected chi connectivity index (χ3v) is 3.32. The second-order valence-electron chi connectivity index (χ2n) is 5.02. The van der Waals surface area contributed by atoms with Crippen LogP contribution in [0.25, 0.3) is 0 Å². The van der Waals surface area contributed by atoms with Crippen molar-refractivity contribution in [2.75, 3.05) is 20.7 Å². The van der Waals surface area contributed by atoms with Crippen LogP contribution in [0.15, 0.2) is 36.7 Å². The van der Waals surface area contributed by atoms with Crippen LogP contribution in [0.5, 0.6) is 0 Å². The molecule has 0 aliphatic rings. The van der Waals surface area contributed by atoms with Gasteiger partial charge in [-0.2, -0.15) is 0 Å². The van der Waals surface area contributed by atoms with E-state index in [-0.39, 0.29) is 18.8 Å². The fourth-order valence-electron chi connectivity index (χ4n) is 2.12.